The predicted octanol–water partition coefficient (Wildman–Crippen LogP) is 2.61. The molecule has 0 bridgehead atoms. The van der Waals surface area contributed by atoms with Crippen LogP contribution in [-0.2, 0) is 11.2 Å². The summed E-state index contributed by atoms with van der Waals surface area (Å²) < 4.78 is 20.1. The molecule has 0 aliphatic carbocycles. The van der Waals surface area contributed by atoms with Crippen molar-refractivity contribution >= 4 is 14.5 Å². The van der Waals surface area contributed by atoms with Crippen LogP contribution in [0.2, 0.25) is 0 Å². The third kappa shape index (κ3) is 4.35. The number of likely N-dealkylation sites (tertiary alicyclic amines) is 1. The van der Waals surface area contributed by atoms with Gasteiger partial charge in [-0.3, -0.25) is 4.90 Å². The molecule has 1 aromatic rings. The minimum absolute atomic E-state index is 0.0819. The third-order valence-electron chi connectivity index (χ3n) is 5.55. The number of nitrogens with zero attached hydrogens (tertiary/aromatic N) is 1. The molecular formula is C19H29FNO2P. The molecule has 0 amide bonds. The Balaban J connectivity index is 1.67. The van der Waals surface area contributed by atoms with Gasteiger partial charge in [-0.15, -0.1) is 9.24 Å². The topological polar surface area (TPSA) is 32.7 Å². The van der Waals surface area contributed by atoms with Gasteiger partial charge in [0.2, 0.25) is 0 Å². The Kier molecular flexibility index (Phi) is 6.63. The van der Waals surface area contributed by atoms with Gasteiger partial charge in [-0.25, -0.2) is 4.39 Å². The van der Waals surface area contributed by atoms with Crippen molar-refractivity contribution in [2.75, 3.05) is 32.9 Å². The van der Waals surface area contributed by atoms with Crippen LogP contribution in [0.15, 0.2) is 12.1 Å². The van der Waals surface area contributed by atoms with E-state index < -0.39 is 0 Å². The van der Waals surface area contributed by atoms with E-state index in [0.717, 1.165) is 62.0 Å². The van der Waals surface area contributed by atoms with E-state index in [9.17, 15) is 9.50 Å². The molecule has 2 fully saturated rings. The quantitative estimate of drug-likeness (QED) is 0.826. The molecule has 134 valence electrons. The van der Waals surface area contributed by atoms with Crippen molar-refractivity contribution in [1.29, 1.82) is 0 Å². The lowest BCUT2D eigenvalue weighted by molar-refractivity contribution is 0.0852. The molecule has 2 aliphatic rings. The monoisotopic (exact) mass is 353 g/mol. The largest absolute Gasteiger partial charge is 0.395 e. The van der Waals surface area contributed by atoms with Gasteiger partial charge in [0, 0.05) is 25.8 Å². The zero-order valence-corrected chi connectivity index (χ0v) is 15.5. The van der Waals surface area contributed by atoms with E-state index in [4.69, 9.17) is 4.74 Å². The van der Waals surface area contributed by atoms with Crippen molar-refractivity contribution in [3.63, 3.8) is 0 Å². The summed E-state index contributed by atoms with van der Waals surface area (Å²) in [6.45, 7) is 3.59. The molecule has 0 spiro atoms. The summed E-state index contributed by atoms with van der Waals surface area (Å²) >= 11 is 0. The standard InChI is InChI=1S/C19H29FNO2P/c20-18-11-15(14-5-9-23-10-6-14)12-19(24)17(18)4-8-21-7-2-1-3-16(21)13-22/h11-12,14,16,22H,1-10,13,24H2/t16-/m0/s1. The number of piperidine rings is 1. The summed E-state index contributed by atoms with van der Waals surface area (Å²) in [4.78, 5) is 2.32. The van der Waals surface area contributed by atoms with Crippen molar-refractivity contribution < 1.29 is 14.2 Å². The maximum atomic E-state index is 14.7. The van der Waals surface area contributed by atoms with Crippen molar-refractivity contribution in [2.24, 2.45) is 0 Å². The zero-order chi connectivity index (χ0) is 16.9. The molecule has 1 unspecified atom stereocenters. The Hall–Kier alpha value is -0.540. The zero-order valence-electron chi connectivity index (χ0n) is 14.3. The molecule has 1 N–H and O–H groups in total. The van der Waals surface area contributed by atoms with Gasteiger partial charge in [-0.05, 0) is 67.1 Å². The van der Waals surface area contributed by atoms with E-state index in [-0.39, 0.29) is 18.5 Å². The maximum absolute atomic E-state index is 14.7. The summed E-state index contributed by atoms with van der Waals surface area (Å²) in [7, 11) is 2.72. The number of rotatable bonds is 5. The number of aliphatic hydroxyl groups excluding tert-OH is 1. The minimum Gasteiger partial charge on any atom is -0.395 e. The first kappa shape index (κ1) is 18.3. The van der Waals surface area contributed by atoms with Gasteiger partial charge in [0.1, 0.15) is 5.82 Å². The Morgan fingerprint density at radius 2 is 2.00 bits per heavy atom. The molecule has 2 aliphatic heterocycles. The highest BCUT2D eigenvalue weighted by atomic mass is 31.0. The lowest BCUT2D eigenvalue weighted by Gasteiger charge is -2.34. The minimum atomic E-state index is -0.0819. The van der Waals surface area contributed by atoms with E-state index in [1.54, 1.807) is 6.07 Å². The van der Waals surface area contributed by atoms with Gasteiger partial charge in [-0.2, -0.15) is 0 Å². The summed E-state index contributed by atoms with van der Waals surface area (Å²) in [5, 5.41) is 10.5. The Morgan fingerprint density at radius 1 is 1.21 bits per heavy atom. The van der Waals surface area contributed by atoms with Gasteiger partial charge in [0.25, 0.3) is 0 Å². The number of aliphatic hydroxyl groups is 1. The fourth-order valence-corrected chi connectivity index (χ4v) is 4.50. The molecule has 2 heterocycles. The molecular weight excluding hydrogens is 324 g/mol. The number of benzene rings is 1. The van der Waals surface area contributed by atoms with Gasteiger partial charge in [0.05, 0.1) is 6.61 Å². The smallest absolute Gasteiger partial charge is 0.127 e. The van der Waals surface area contributed by atoms with Gasteiger partial charge in [0.15, 0.2) is 0 Å². The van der Waals surface area contributed by atoms with Crippen LogP contribution in [0, 0.1) is 5.82 Å². The summed E-state index contributed by atoms with van der Waals surface area (Å²) in [5.41, 5.74) is 1.91. The highest BCUT2D eigenvalue weighted by molar-refractivity contribution is 7.27. The number of ether oxygens (including phenoxy) is 1. The van der Waals surface area contributed by atoms with Crippen molar-refractivity contribution in [1.82, 2.24) is 4.90 Å². The first-order chi connectivity index (χ1) is 11.7. The lowest BCUT2D eigenvalue weighted by atomic mass is 9.90. The van der Waals surface area contributed by atoms with Crippen LogP contribution in [0.5, 0.6) is 0 Å². The highest BCUT2D eigenvalue weighted by Gasteiger charge is 2.23. The Bertz CT molecular complexity index is 525. The lowest BCUT2D eigenvalue weighted by Crippen LogP contribution is -2.43. The van der Waals surface area contributed by atoms with E-state index in [0.29, 0.717) is 12.3 Å². The van der Waals surface area contributed by atoms with E-state index >= 15 is 0 Å². The van der Waals surface area contributed by atoms with Crippen LogP contribution in [0.1, 0.15) is 49.1 Å². The summed E-state index contributed by atoms with van der Waals surface area (Å²) in [5.74, 6) is 0.337. The average Bonchev–Trinajstić information content (AvgIpc) is 2.62. The van der Waals surface area contributed by atoms with Crippen molar-refractivity contribution in [2.45, 2.75) is 50.5 Å². The van der Waals surface area contributed by atoms with E-state index in [1.807, 2.05) is 0 Å². The van der Waals surface area contributed by atoms with E-state index in [1.165, 1.54) is 12.8 Å². The van der Waals surface area contributed by atoms with Gasteiger partial charge < -0.3 is 9.84 Å². The normalized spacial score (nSPS) is 23.5. The summed E-state index contributed by atoms with van der Waals surface area (Å²) in [6.07, 6.45) is 6.08. The molecule has 2 atom stereocenters. The van der Waals surface area contributed by atoms with Crippen LogP contribution in [0.25, 0.3) is 0 Å². The maximum Gasteiger partial charge on any atom is 0.127 e. The molecule has 1 aromatic carbocycles. The molecule has 5 heteroatoms. The molecule has 0 radical (unpaired) electrons. The average molecular weight is 353 g/mol. The fourth-order valence-electron chi connectivity index (χ4n) is 4.03. The van der Waals surface area contributed by atoms with Crippen LogP contribution < -0.4 is 5.30 Å². The first-order valence-electron chi connectivity index (χ1n) is 9.19. The molecule has 0 aromatic heterocycles. The second-order valence-corrected chi connectivity index (χ2v) is 7.70. The molecule has 3 rings (SSSR count). The molecule has 3 nitrogen and oxygen atoms in total. The molecule has 2 saturated heterocycles. The predicted molar refractivity (Wildman–Crippen MR) is 98.5 cm³/mol. The highest BCUT2D eigenvalue weighted by Crippen LogP contribution is 2.28. The van der Waals surface area contributed by atoms with Gasteiger partial charge >= 0.3 is 0 Å². The van der Waals surface area contributed by atoms with Crippen LogP contribution in [-0.4, -0.2) is 49.0 Å². The first-order valence-corrected chi connectivity index (χ1v) is 9.77. The number of hydrogen-bond donors (Lipinski definition) is 1. The Morgan fingerprint density at radius 3 is 2.71 bits per heavy atom. The third-order valence-corrected chi connectivity index (χ3v) is 6.07. The molecule has 0 saturated carbocycles. The van der Waals surface area contributed by atoms with Crippen LogP contribution in [0.4, 0.5) is 4.39 Å². The fraction of sp³-hybridized carbons (Fsp3) is 0.684. The van der Waals surface area contributed by atoms with Crippen LogP contribution in [0.3, 0.4) is 0 Å². The molecule has 24 heavy (non-hydrogen) atoms. The second-order valence-electron chi connectivity index (χ2n) is 7.08. The Labute approximate surface area is 146 Å². The second kappa shape index (κ2) is 8.71. The van der Waals surface area contributed by atoms with Gasteiger partial charge in [-0.1, -0.05) is 12.5 Å². The van der Waals surface area contributed by atoms with Crippen molar-refractivity contribution in [3.05, 3.63) is 29.1 Å². The van der Waals surface area contributed by atoms with E-state index in [2.05, 4.69) is 20.2 Å². The summed E-state index contributed by atoms with van der Waals surface area (Å²) in [6, 6.07) is 4.12. The SMILES string of the molecule is OC[C@@H]1CCCCN1CCc1c(F)cc(C2CCOCC2)cc1P. The number of hydrogen-bond acceptors (Lipinski definition) is 3. The van der Waals surface area contributed by atoms with Crippen LogP contribution >= 0.6 is 9.24 Å². The number of halogens is 1. The van der Waals surface area contributed by atoms with Crippen molar-refractivity contribution in [3.8, 4) is 0 Å².